The fraction of sp³-hybridized carbons (Fsp3) is 0.364. The molecule has 1 saturated heterocycles. The summed E-state index contributed by atoms with van der Waals surface area (Å²) < 4.78 is 0. The normalized spacial score (nSPS) is 15.1. The first-order valence-corrected chi connectivity index (χ1v) is 9.15. The van der Waals surface area contributed by atoms with E-state index in [1.807, 2.05) is 0 Å². The number of aromatic nitrogens is 2. The topological polar surface area (TPSA) is 29.0 Å². The van der Waals surface area contributed by atoms with Crippen LogP contribution in [-0.2, 0) is 5.41 Å². The average Bonchev–Trinajstić information content (AvgIpc) is 3.14. The molecule has 4 rings (SSSR count). The van der Waals surface area contributed by atoms with Crippen molar-refractivity contribution in [1.29, 1.82) is 0 Å². The maximum atomic E-state index is 4.96. The van der Waals surface area contributed by atoms with Gasteiger partial charge in [0.05, 0.1) is 5.52 Å². The average molecular weight is 331 g/mol. The Morgan fingerprint density at radius 3 is 2.20 bits per heavy atom. The van der Waals surface area contributed by atoms with E-state index in [2.05, 4.69) is 74.2 Å². The predicted molar refractivity (Wildman–Crippen MR) is 105 cm³/mol. The van der Waals surface area contributed by atoms with Gasteiger partial charge in [-0.05, 0) is 36.0 Å². The molecule has 0 saturated carbocycles. The maximum Gasteiger partial charge on any atom is 0.162 e. The van der Waals surface area contributed by atoms with E-state index in [9.17, 15) is 0 Å². The minimum Gasteiger partial charge on any atom is -0.356 e. The highest BCUT2D eigenvalue weighted by Gasteiger charge is 2.19. The number of para-hydroxylation sites is 1. The van der Waals surface area contributed by atoms with Gasteiger partial charge in [0, 0.05) is 24.0 Å². The smallest absolute Gasteiger partial charge is 0.162 e. The number of anilines is 1. The first-order chi connectivity index (χ1) is 12.0. The molecule has 1 fully saturated rings. The van der Waals surface area contributed by atoms with Crippen molar-refractivity contribution in [2.24, 2.45) is 0 Å². The van der Waals surface area contributed by atoms with Gasteiger partial charge >= 0.3 is 0 Å². The van der Waals surface area contributed by atoms with Crippen LogP contribution in [0.5, 0.6) is 0 Å². The molecule has 3 heteroatoms. The fourth-order valence-corrected chi connectivity index (χ4v) is 3.48. The van der Waals surface area contributed by atoms with Gasteiger partial charge < -0.3 is 4.90 Å². The van der Waals surface area contributed by atoms with Crippen LogP contribution in [0.25, 0.3) is 22.3 Å². The Morgan fingerprint density at radius 2 is 1.52 bits per heavy atom. The molecule has 1 aliphatic heterocycles. The maximum absolute atomic E-state index is 4.96. The molecule has 128 valence electrons. The van der Waals surface area contributed by atoms with Crippen LogP contribution in [0.4, 0.5) is 5.82 Å². The van der Waals surface area contributed by atoms with Gasteiger partial charge in [0.2, 0.25) is 0 Å². The second kappa shape index (κ2) is 6.14. The molecule has 0 aliphatic carbocycles. The summed E-state index contributed by atoms with van der Waals surface area (Å²) in [5, 5.41) is 1.15. The number of rotatable bonds is 2. The van der Waals surface area contributed by atoms with Crippen molar-refractivity contribution in [3.8, 4) is 11.4 Å². The lowest BCUT2D eigenvalue weighted by molar-refractivity contribution is 0.590. The molecule has 1 aliphatic rings. The highest BCUT2D eigenvalue weighted by molar-refractivity contribution is 5.91. The van der Waals surface area contributed by atoms with E-state index in [-0.39, 0.29) is 5.41 Å². The van der Waals surface area contributed by atoms with Crippen molar-refractivity contribution in [2.75, 3.05) is 18.0 Å². The van der Waals surface area contributed by atoms with E-state index in [1.54, 1.807) is 0 Å². The predicted octanol–water partition coefficient (Wildman–Crippen LogP) is 5.19. The monoisotopic (exact) mass is 331 g/mol. The van der Waals surface area contributed by atoms with Crippen molar-refractivity contribution in [1.82, 2.24) is 9.97 Å². The number of benzene rings is 2. The summed E-state index contributed by atoms with van der Waals surface area (Å²) in [6.07, 6.45) is 2.49. The van der Waals surface area contributed by atoms with Gasteiger partial charge in [-0.25, -0.2) is 9.97 Å². The van der Waals surface area contributed by atoms with Crippen molar-refractivity contribution in [3.63, 3.8) is 0 Å². The SMILES string of the molecule is CC(C)(C)c1ccc(-c2nc(N3CCCC3)c3ccccc3n2)cc1. The lowest BCUT2D eigenvalue weighted by Crippen LogP contribution is -2.20. The summed E-state index contributed by atoms with van der Waals surface area (Å²) in [4.78, 5) is 12.2. The van der Waals surface area contributed by atoms with Crippen molar-refractivity contribution < 1.29 is 0 Å². The van der Waals surface area contributed by atoms with Crippen LogP contribution in [0.3, 0.4) is 0 Å². The summed E-state index contributed by atoms with van der Waals surface area (Å²) >= 11 is 0. The number of fused-ring (bicyclic) bond motifs is 1. The zero-order valence-electron chi connectivity index (χ0n) is 15.3. The zero-order chi connectivity index (χ0) is 17.4. The highest BCUT2D eigenvalue weighted by Crippen LogP contribution is 2.30. The molecule has 0 bridgehead atoms. The zero-order valence-corrected chi connectivity index (χ0v) is 15.3. The Hall–Kier alpha value is -2.42. The van der Waals surface area contributed by atoms with Crippen LogP contribution in [0, 0.1) is 0 Å². The lowest BCUT2D eigenvalue weighted by Gasteiger charge is -2.20. The minimum atomic E-state index is 0.156. The first kappa shape index (κ1) is 16.1. The van der Waals surface area contributed by atoms with E-state index in [1.165, 1.54) is 18.4 Å². The summed E-state index contributed by atoms with van der Waals surface area (Å²) in [6.45, 7) is 8.88. The molecule has 0 N–H and O–H groups in total. The number of nitrogens with zero attached hydrogens (tertiary/aromatic N) is 3. The molecule has 0 unspecified atom stereocenters. The van der Waals surface area contributed by atoms with E-state index in [0.29, 0.717) is 0 Å². The van der Waals surface area contributed by atoms with E-state index in [4.69, 9.17) is 9.97 Å². The largest absolute Gasteiger partial charge is 0.356 e. The molecule has 0 amide bonds. The van der Waals surface area contributed by atoms with Gasteiger partial charge in [0.1, 0.15) is 5.82 Å². The van der Waals surface area contributed by atoms with Gasteiger partial charge in [-0.15, -0.1) is 0 Å². The van der Waals surface area contributed by atoms with Crippen molar-refractivity contribution in [2.45, 2.75) is 39.0 Å². The van der Waals surface area contributed by atoms with E-state index < -0.39 is 0 Å². The molecule has 0 atom stereocenters. The number of hydrogen-bond donors (Lipinski definition) is 0. The van der Waals surface area contributed by atoms with Crippen LogP contribution in [0.15, 0.2) is 48.5 Å². The van der Waals surface area contributed by atoms with Gasteiger partial charge in [0.15, 0.2) is 5.82 Å². The molecule has 2 heterocycles. The first-order valence-electron chi connectivity index (χ1n) is 9.15. The molecule has 0 spiro atoms. The summed E-state index contributed by atoms with van der Waals surface area (Å²) in [5.74, 6) is 1.90. The van der Waals surface area contributed by atoms with Gasteiger partial charge in [-0.1, -0.05) is 57.2 Å². The van der Waals surface area contributed by atoms with Crippen LogP contribution in [0.1, 0.15) is 39.2 Å². The molecular formula is C22H25N3. The Kier molecular flexibility index (Phi) is 3.95. The molecule has 3 aromatic rings. The highest BCUT2D eigenvalue weighted by atomic mass is 15.2. The Bertz CT molecular complexity index is 885. The van der Waals surface area contributed by atoms with Crippen LogP contribution in [0.2, 0.25) is 0 Å². The van der Waals surface area contributed by atoms with Crippen molar-refractivity contribution >= 4 is 16.7 Å². The van der Waals surface area contributed by atoms with E-state index >= 15 is 0 Å². The summed E-state index contributed by atoms with van der Waals surface area (Å²) in [6, 6.07) is 17.0. The quantitative estimate of drug-likeness (QED) is 0.647. The molecular weight excluding hydrogens is 306 g/mol. The third-order valence-electron chi connectivity index (χ3n) is 5.00. The third-order valence-corrected chi connectivity index (χ3v) is 5.00. The summed E-state index contributed by atoms with van der Waals surface area (Å²) in [7, 11) is 0. The molecule has 25 heavy (non-hydrogen) atoms. The van der Waals surface area contributed by atoms with Gasteiger partial charge in [-0.3, -0.25) is 0 Å². The Labute approximate surface area is 149 Å². The fourth-order valence-electron chi connectivity index (χ4n) is 3.48. The Morgan fingerprint density at radius 1 is 0.840 bits per heavy atom. The van der Waals surface area contributed by atoms with Crippen LogP contribution < -0.4 is 4.90 Å². The lowest BCUT2D eigenvalue weighted by atomic mass is 9.87. The molecule has 1 aromatic heterocycles. The molecule has 3 nitrogen and oxygen atoms in total. The van der Waals surface area contributed by atoms with Crippen LogP contribution >= 0.6 is 0 Å². The molecule has 2 aromatic carbocycles. The second-order valence-corrected chi connectivity index (χ2v) is 7.91. The summed E-state index contributed by atoms with van der Waals surface area (Å²) in [5.41, 5.74) is 3.59. The number of hydrogen-bond acceptors (Lipinski definition) is 3. The van der Waals surface area contributed by atoms with Crippen molar-refractivity contribution in [3.05, 3.63) is 54.1 Å². The Balaban J connectivity index is 1.82. The van der Waals surface area contributed by atoms with Crippen LogP contribution in [-0.4, -0.2) is 23.1 Å². The third kappa shape index (κ3) is 3.11. The second-order valence-electron chi connectivity index (χ2n) is 7.91. The molecule has 0 radical (unpaired) electrons. The standard InChI is InChI=1S/C22H25N3/c1-22(2,3)17-12-10-16(11-13-17)20-23-19-9-5-4-8-18(19)21(24-20)25-14-6-7-15-25/h4-5,8-13H,6-7,14-15H2,1-3H3. The minimum absolute atomic E-state index is 0.156. The van der Waals surface area contributed by atoms with Gasteiger partial charge in [0.25, 0.3) is 0 Å². The van der Waals surface area contributed by atoms with E-state index in [0.717, 1.165) is 41.2 Å². The van der Waals surface area contributed by atoms with Gasteiger partial charge in [-0.2, -0.15) is 0 Å².